The fourth-order valence-electron chi connectivity index (χ4n) is 3.59. The summed E-state index contributed by atoms with van der Waals surface area (Å²) in [5.41, 5.74) is -3.51. The predicted octanol–water partition coefficient (Wildman–Crippen LogP) is 4.37. The lowest BCUT2D eigenvalue weighted by Crippen LogP contribution is -2.55. The fourth-order valence-corrected chi connectivity index (χ4v) is 3.86. The Bertz CT molecular complexity index is 1070. The average Bonchev–Trinajstić information content (AvgIpc) is 2.98. The smallest absolute Gasteiger partial charge is 0.320 e. The summed E-state index contributed by atoms with van der Waals surface area (Å²) in [6.45, 7) is 3.34. The number of ketones is 1. The van der Waals surface area contributed by atoms with Crippen molar-refractivity contribution in [2.45, 2.75) is 25.0 Å². The van der Waals surface area contributed by atoms with Gasteiger partial charge in [-0.3, -0.25) is 14.6 Å². The highest BCUT2D eigenvalue weighted by atomic mass is 35.5. The molecule has 0 aliphatic carbocycles. The molecule has 1 aliphatic heterocycles. The molecule has 1 aromatic carbocycles. The molecule has 1 aliphatic rings. The molecule has 162 valence electrons. The number of hydrogen-bond donors (Lipinski definition) is 1. The van der Waals surface area contributed by atoms with Crippen molar-refractivity contribution >= 4 is 35.0 Å². The van der Waals surface area contributed by atoms with E-state index in [0.717, 1.165) is 0 Å². The first-order valence-electron chi connectivity index (χ1n) is 9.44. The van der Waals surface area contributed by atoms with Crippen LogP contribution in [0.1, 0.15) is 25.1 Å². The first kappa shape index (κ1) is 23.0. The first-order valence-corrected chi connectivity index (χ1v) is 10.2. The second-order valence-corrected chi connectivity index (χ2v) is 8.00. The number of ether oxygens (including phenoxy) is 2. The number of allylic oxidation sites excluding steroid dienone is 3. The van der Waals surface area contributed by atoms with Gasteiger partial charge >= 0.3 is 5.97 Å². The normalized spacial score (nSPS) is 23.5. The van der Waals surface area contributed by atoms with Crippen LogP contribution in [0.4, 0.5) is 0 Å². The van der Waals surface area contributed by atoms with E-state index >= 15 is 0 Å². The van der Waals surface area contributed by atoms with Crippen molar-refractivity contribution in [2.75, 3.05) is 7.11 Å². The van der Waals surface area contributed by atoms with Crippen LogP contribution in [-0.4, -0.2) is 29.0 Å². The quantitative estimate of drug-likeness (QED) is 0.390. The summed E-state index contributed by atoms with van der Waals surface area (Å²) in [5.74, 6) is -2.92. The van der Waals surface area contributed by atoms with E-state index in [2.05, 4.69) is 4.98 Å². The molecule has 0 radical (unpaired) electrons. The molecule has 0 saturated carbocycles. The van der Waals surface area contributed by atoms with Crippen molar-refractivity contribution in [2.24, 2.45) is 5.92 Å². The zero-order valence-corrected chi connectivity index (χ0v) is 18.6. The molecule has 2 heterocycles. The van der Waals surface area contributed by atoms with E-state index in [-0.39, 0.29) is 16.5 Å². The molecule has 0 bridgehead atoms. The molecule has 0 saturated heterocycles. The monoisotopic (exact) mass is 461 g/mol. The summed E-state index contributed by atoms with van der Waals surface area (Å²) in [5, 5.41) is 12.7. The molecule has 0 spiro atoms. The SMILES string of the molecule is C/C=C\C=CC(C(=O)OC)C(=O)[C@@]1(O)c2ncc(Cl)cc2O[C@]1(C)c1ccc(Cl)cc1. The summed E-state index contributed by atoms with van der Waals surface area (Å²) in [6, 6.07) is 7.97. The summed E-state index contributed by atoms with van der Waals surface area (Å²) in [4.78, 5) is 30.4. The van der Waals surface area contributed by atoms with Crippen molar-refractivity contribution in [1.29, 1.82) is 0 Å². The number of carbonyl (C=O) groups is 2. The zero-order valence-electron chi connectivity index (χ0n) is 17.1. The number of pyridine rings is 1. The van der Waals surface area contributed by atoms with Crippen molar-refractivity contribution in [3.8, 4) is 5.75 Å². The van der Waals surface area contributed by atoms with E-state index in [0.29, 0.717) is 10.6 Å². The molecule has 2 aromatic rings. The Morgan fingerprint density at radius 2 is 1.87 bits per heavy atom. The van der Waals surface area contributed by atoms with Crippen LogP contribution < -0.4 is 4.74 Å². The summed E-state index contributed by atoms with van der Waals surface area (Å²) >= 11 is 12.1. The Balaban J connectivity index is 2.23. The summed E-state index contributed by atoms with van der Waals surface area (Å²) < 4.78 is 10.9. The number of rotatable bonds is 6. The van der Waals surface area contributed by atoms with Gasteiger partial charge in [-0.05, 0) is 31.5 Å². The Kier molecular flexibility index (Phi) is 6.55. The lowest BCUT2D eigenvalue weighted by molar-refractivity contribution is -0.169. The molecule has 3 rings (SSSR count). The van der Waals surface area contributed by atoms with Crippen LogP contribution >= 0.6 is 23.2 Å². The number of carbonyl (C=O) groups excluding carboxylic acids is 2. The zero-order chi connectivity index (χ0) is 22.8. The van der Waals surface area contributed by atoms with E-state index in [4.69, 9.17) is 32.7 Å². The van der Waals surface area contributed by atoms with Crippen LogP contribution in [0.3, 0.4) is 0 Å². The Morgan fingerprint density at radius 1 is 1.19 bits per heavy atom. The molecule has 1 N–H and O–H groups in total. The minimum Gasteiger partial charge on any atom is -0.477 e. The Labute approximate surface area is 190 Å². The van der Waals surface area contributed by atoms with E-state index in [9.17, 15) is 14.7 Å². The maximum absolute atomic E-state index is 13.8. The third-order valence-corrected chi connectivity index (χ3v) is 5.72. The molecule has 1 aromatic heterocycles. The number of hydrogen-bond acceptors (Lipinski definition) is 6. The molecular formula is C23H21Cl2NO5. The lowest BCUT2D eigenvalue weighted by Gasteiger charge is -2.37. The molecule has 31 heavy (non-hydrogen) atoms. The molecule has 3 atom stereocenters. The topological polar surface area (TPSA) is 85.7 Å². The van der Waals surface area contributed by atoms with Gasteiger partial charge in [0.2, 0.25) is 5.60 Å². The number of benzene rings is 1. The second-order valence-electron chi connectivity index (χ2n) is 7.13. The van der Waals surface area contributed by atoms with Gasteiger partial charge in [0.25, 0.3) is 0 Å². The predicted molar refractivity (Wildman–Crippen MR) is 117 cm³/mol. The van der Waals surface area contributed by atoms with Crippen LogP contribution in [-0.2, 0) is 25.5 Å². The molecule has 1 unspecified atom stereocenters. The van der Waals surface area contributed by atoms with Crippen LogP contribution in [0, 0.1) is 5.92 Å². The van der Waals surface area contributed by atoms with E-state index in [1.165, 1.54) is 31.5 Å². The second kappa shape index (κ2) is 8.83. The number of aromatic nitrogens is 1. The van der Waals surface area contributed by atoms with Crippen molar-refractivity contribution < 1.29 is 24.2 Å². The third kappa shape index (κ3) is 3.87. The largest absolute Gasteiger partial charge is 0.477 e. The van der Waals surface area contributed by atoms with Gasteiger partial charge < -0.3 is 14.6 Å². The number of esters is 1. The van der Waals surface area contributed by atoms with E-state index < -0.39 is 28.9 Å². The van der Waals surface area contributed by atoms with Gasteiger partial charge in [0.15, 0.2) is 11.4 Å². The van der Waals surface area contributed by atoms with Crippen LogP contribution in [0.25, 0.3) is 0 Å². The number of Topliss-reactive ketones (excluding diaryl/α,β-unsaturated/α-hetero) is 1. The number of methoxy groups -OCH3 is 1. The molecule has 0 fully saturated rings. The Hall–Kier alpha value is -2.67. The van der Waals surface area contributed by atoms with Crippen molar-refractivity contribution in [3.05, 3.63) is 82.1 Å². The van der Waals surface area contributed by atoms with Gasteiger partial charge in [-0.25, -0.2) is 0 Å². The number of aliphatic hydroxyl groups is 1. The van der Waals surface area contributed by atoms with Gasteiger partial charge in [0.05, 0.1) is 12.1 Å². The number of nitrogens with zero attached hydrogens (tertiary/aromatic N) is 1. The van der Waals surface area contributed by atoms with Gasteiger partial charge in [-0.15, -0.1) is 0 Å². The minimum absolute atomic E-state index is 0.0345. The van der Waals surface area contributed by atoms with Crippen molar-refractivity contribution in [3.63, 3.8) is 0 Å². The molecule has 6 nitrogen and oxygen atoms in total. The summed E-state index contributed by atoms with van der Waals surface area (Å²) in [6.07, 6.45) is 7.59. The van der Waals surface area contributed by atoms with Gasteiger partial charge in [0, 0.05) is 17.3 Å². The van der Waals surface area contributed by atoms with Gasteiger partial charge in [-0.2, -0.15) is 0 Å². The van der Waals surface area contributed by atoms with Crippen LogP contribution in [0.5, 0.6) is 5.75 Å². The van der Waals surface area contributed by atoms with Crippen LogP contribution in [0.15, 0.2) is 60.8 Å². The fraction of sp³-hybridized carbons (Fsp3) is 0.261. The highest BCUT2D eigenvalue weighted by Gasteiger charge is 2.65. The number of fused-ring (bicyclic) bond motifs is 1. The third-order valence-electron chi connectivity index (χ3n) is 5.26. The van der Waals surface area contributed by atoms with E-state index in [1.807, 2.05) is 0 Å². The minimum atomic E-state index is -2.32. The summed E-state index contributed by atoms with van der Waals surface area (Å²) in [7, 11) is 1.17. The first-order chi connectivity index (χ1) is 14.7. The van der Waals surface area contributed by atoms with Crippen LogP contribution in [0.2, 0.25) is 10.0 Å². The maximum Gasteiger partial charge on any atom is 0.320 e. The molecule has 0 amide bonds. The van der Waals surface area contributed by atoms with E-state index in [1.54, 1.807) is 50.3 Å². The maximum atomic E-state index is 13.8. The molecule has 8 heteroatoms. The lowest BCUT2D eigenvalue weighted by atomic mass is 9.72. The number of halogens is 2. The van der Waals surface area contributed by atoms with Gasteiger partial charge in [-0.1, -0.05) is 59.6 Å². The highest BCUT2D eigenvalue weighted by molar-refractivity contribution is 6.30. The standard InChI is InChI=1S/C23H21Cl2NO5/c1-4-5-6-7-17(21(28)30-3)20(27)23(29)19-18(12-16(25)13-26-19)31-22(23,2)14-8-10-15(24)11-9-14/h4-13,17,29H,1-3H3/b5-4-,7-6?/t17?,22-,23+/m1/s1. The van der Waals surface area contributed by atoms with Crippen molar-refractivity contribution in [1.82, 2.24) is 4.98 Å². The Morgan fingerprint density at radius 3 is 2.48 bits per heavy atom. The average molecular weight is 462 g/mol. The van der Waals surface area contributed by atoms with Gasteiger partial charge in [0.1, 0.15) is 17.4 Å². The highest BCUT2D eigenvalue weighted by Crippen LogP contribution is 2.54. The molecular weight excluding hydrogens is 441 g/mol.